The Bertz CT molecular complexity index is 278. The van der Waals surface area contributed by atoms with E-state index < -0.39 is 0 Å². The second kappa shape index (κ2) is 9.29. The number of unbranched alkanes of at least 4 members (excludes halogenated alkanes) is 5. The fourth-order valence-corrected chi connectivity index (χ4v) is 2.00. The first kappa shape index (κ1) is 14.3. The van der Waals surface area contributed by atoms with Crippen molar-refractivity contribution in [1.29, 1.82) is 0 Å². The number of furan rings is 1. The van der Waals surface area contributed by atoms with E-state index in [9.17, 15) is 0 Å². The minimum atomic E-state index is 0.322. The highest BCUT2D eigenvalue weighted by molar-refractivity contribution is 5.07. The molecule has 0 spiro atoms. The molecule has 0 bridgehead atoms. The first-order valence-corrected chi connectivity index (χ1v) is 7.05. The molecule has 2 heteroatoms. The SMILES string of the molecule is CCCCCc1ccc(CCCCCCO)o1. The molecule has 0 amide bonds. The number of hydrogen-bond acceptors (Lipinski definition) is 2. The monoisotopic (exact) mass is 238 g/mol. The summed E-state index contributed by atoms with van der Waals surface area (Å²) in [6, 6.07) is 4.24. The Hall–Kier alpha value is -0.760. The van der Waals surface area contributed by atoms with Crippen molar-refractivity contribution < 1.29 is 9.52 Å². The predicted octanol–water partition coefficient (Wildman–Crippen LogP) is 4.11. The van der Waals surface area contributed by atoms with E-state index in [4.69, 9.17) is 9.52 Å². The van der Waals surface area contributed by atoms with Crippen LogP contribution in [0.2, 0.25) is 0 Å². The summed E-state index contributed by atoms with van der Waals surface area (Å²) < 4.78 is 5.79. The van der Waals surface area contributed by atoms with Crippen molar-refractivity contribution in [3.8, 4) is 0 Å². The molecule has 2 nitrogen and oxygen atoms in total. The van der Waals surface area contributed by atoms with Gasteiger partial charge in [0, 0.05) is 19.4 Å². The summed E-state index contributed by atoms with van der Waals surface area (Å²) in [6.07, 6.45) is 10.3. The zero-order valence-corrected chi connectivity index (χ0v) is 11.1. The van der Waals surface area contributed by atoms with Crippen molar-refractivity contribution in [2.45, 2.75) is 64.7 Å². The molecule has 0 aliphatic carbocycles. The van der Waals surface area contributed by atoms with Crippen molar-refractivity contribution >= 4 is 0 Å². The Labute approximate surface area is 105 Å². The molecule has 0 saturated heterocycles. The third kappa shape index (κ3) is 6.52. The van der Waals surface area contributed by atoms with Gasteiger partial charge < -0.3 is 9.52 Å². The molecule has 0 unspecified atom stereocenters. The topological polar surface area (TPSA) is 33.4 Å². The molecule has 17 heavy (non-hydrogen) atoms. The summed E-state index contributed by atoms with van der Waals surface area (Å²) in [5, 5.41) is 8.67. The molecule has 0 fully saturated rings. The van der Waals surface area contributed by atoms with Crippen LogP contribution in [-0.2, 0) is 12.8 Å². The molecule has 1 aromatic rings. The lowest BCUT2D eigenvalue weighted by Crippen LogP contribution is -1.86. The molecule has 1 N–H and O–H groups in total. The summed E-state index contributed by atoms with van der Waals surface area (Å²) >= 11 is 0. The van der Waals surface area contributed by atoms with Crippen LogP contribution in [0.1, 0.15) is 63.4 Å². The standard InChI is InChI=1S/C15H26O2/c1-2-3-6-9-14-11-12-15(17-14)10-7-4-5-8-13-16/h11-12,16H,2-10,13H2,1H3. The molecule has 0 atom stereocenters. The van der Waals surface area contributed by atoms with E-state index in [0.29, 0.717) is 6.61 Å². The largest absolute Gasteiger partial charge is 0.466 e. The van der Waals surface area contributed by atoms with E-state index in [1.165, 1.54) is 32.1 Å². The number of aliphatic hydroxyl groups excluding tert-OH is 1. The number of rotatable bonds is 10. The lowest BCUT2D eigenvalue weighted by Gasteiger charge is -1.98. The fourth-order valence-electron chi connectivity index (χ4n) is 2.00. The van der Waals surface area contributed by atoms with Gasteiger partial charge in [-0.25, -0.2) is 0 Å². The zero-order chi connectivity index (χ0) is 12.3. The molecule has 1 heterocycles. The number of hydrogen-bond donors (Lipinski definition) is 1. The van der Waals surface area contributed by atoms with Gasteiger partial charge >= 0.3 is 0 Å². The van der Waals surface area contributed by atoms with E-state index in [-0.39, 0.29) is 0 Å². The van der Waals surface area contributed by atoms with Crippen LogP contribution < -0.4 is 0 Å². The van der Waals surface area contributed by atoms with Crippen molar-refractivity contribution in [1.82, 2.24) is 0 Å². The lowest BCUT2D eigenvalue weighted by atomic mass is 10.1. The Morgan fingerprint density at radius 3 is 2.06 bits per heavy atom. The maximum Gasteiger partial charge on any atom is 0.104 e. The second-order valence-corrected chi connectivity index (χ2v) is 4.71. The summed E-state index contributed by atoms with van der Waals surface area (Å²) in [5.41, 5.74) is 0. The molecule has 0 saturated carbocycles. The maximum absolute atomic E-state index is 8.67. The fraction of sp³-hybridized carbons (Fsp3) is 0.733. The Morgan fingerprint density at radius 1 is 0.882 bits per heavy atom. The van der Waals surface area contributed by atoms with Crippen molar-refractivity contribution in [3.63, 3.8) is 0 Å². The molecule has 0 aliphatic heterocycles. The Balaban J connectivity index is 2.12. The second-order valence-electron chi connectivity index (χ2n) is 4.71. The van der Waals surface area contributed by atoms with Gasteiger partial charge in [0.1, 0.15) is 11.5 Å². The average molecular weight is 238 g/mol. The summed E-state index contributed by atoms with van der Waals surface area (Å²) in [7, 11) is 0. The van der Waals surface area contributed by atoms with Crippen LogP contribution in [0.3, 0.4) is 0 Å². The van der Waals surface area contributed by atoms with E-state index >= 15 is 0 Å². The van der Waals surface area contributed by atoms with Crippen LogP contribution in [0.25, 0.3) is 0 Å². The van der Waals surface area contributed by atoms with Gasteiger partial charge in [-0.1, -0.05) is 32.6 Å². The van der Waals surface area contributed by atoms with Crippen LogP contribution in [0.4, 0.5) is 0 Å². The minimum Gasteiger partial charge on any atom is -0.466 e. The van der Waals surface area contributed by atoms with Crippen LogP contribution >= 0.6 is 0 Å². The maximum atomic E-state index is 8.67. The minimum absolute atomic E-state index is 0.322. The molecule has 1 rings (SSSR count). The lowest BCUT2D eigenvalue weighted by molar-refractivity contribution is 0.282. The van der Waals surface area contributed by atoms with Crippen molar-refractivity contribution in [2.75, 3.05) is 6.61 Å². The van der Waals surface area contributed by atoms with E-state index in [0.717, 1.165) is 37.2 Å². The molecular weight excluding hydrogens is 212 g/mol. The zero-order valence-electron chi connectivity index (χ0n) is 11.1. The third-order valence-corrected chi connectivity index (χ3v) is 3.08. The van der Waals surface area contributed by atoms with Gasteiger partial charge in [-0.3, -0.25) is 0 Å². The van der Waals surface area contributed by atoms with Crippen LogP contribution in [-0.4, -0.2) is 11.7 Å². The summed E-state index contributed by atoms with van der Waals surface area (Å²) in [6.45, 7) is 2.54. The predicted molar refractivity (Wildman–Crippen MR) is 71.2 cm³/mol. The number of aliphatic hydroxyl groups is 1. The van der Waals surface area contributed by atoms with Gasteiger partial charge in [-0.2, -0.15) is 0 Å². The first-order chi connectivity index (χ1) is 8.36. The van der Waals surface area contributed by atoms with Crippen molar-refractivity contribution in [3.05, 3.63) is 23.7 Å². The van der Waals surface area contributed by atoms with Crippen LogP contribution in [0, 0.1) is 0 Å². The van der Waals surface area contributed by atoms with Gasteiger partial charge in [0.2, 0.25) is 0 Å². The Kier molecular flexibility index (Phi) is 7.81. The Morgan fingerprint density at radius 2 is 1.47 bits per heavy atom. The van der Waals surface area contributed by atoms with Gasteiger partial charge in [-0.15, -0.1) is 0 Å². The quantitative estimate of drug-likeness (QED) is 0.622. The first-order valence-electron chi connectivity index (χ1n) is 7.05. The molecule has 0 radical (unpaired) electrons. The van der Waals surface area contributed by atoms with Gasteiger partial charge in [0.15, 0.2) is 0 Å². The molecule has 0 aliphatic rings. The van der Waals surface area contributed by atoms with E-state index in [1.54, 1.807) is 0 Å². The molecule has 98 valence electrons. The smallest absolute Gasteiger partial charge is 0.104 e. The number of aryl methyl sites for hydroxylation is 2. The van der Waals surface area contributed by atoms with Gasteiger partial charge in [0.05, 0.1) is 0 Å². The van der Waals surface area contributed by atoms with Crippen LogP contribution in [0.15, 0.2) is 16.5 Å². The third-order valence-electron chi connectivity index (χ3n) is 3.08. The van der Waals surface area contributed by atoms with E-state index in [2.05, 4.69) is 19.1 Å². The van der Waals surface area contributed by atoms with Gasteiger partial charge in [-0.05, 0) is 31.4 Å². The highest BCUT2D eigenvalue weighted by Crippen LogP contribution is 2.14. The molecular formula is C15H26O2. The molecule has 1 aromatic heterocycles. The summed E-state index contributed by atoms with van der Waals surface area (Å²) in [5.74, 6) is 2.27. The highest BCUT2D eigenvalue weighted by atomic mass is 16.3. The normalized spacial score (nSPS) is 10.9. The average Bonchev–Trinajstić information content (AvgIpc) is 2.77. The van der Waals surface area contributed by atoms with Gasteiger partial charge in [0.25, 0.3) is 0 Å². The van der Waals surface area contributed by atoms with Crippen molar-refractivity contribution in [2.24, 2.45) is 0 Å². The highest BCUT2D eigenvalue weighted by Gasteiger charge is 2.01. The summed E-state index contributed by atoms with van der Waals surface area (Å²) in [4.78, 5) is 0. The van der Waals surface area contributed by atoms with Crippen LogP contribution in [0.5, 0.6) is 0 Å². The van der Waals surface area contributed by atoms with E-state index in [1.807, 2.05) is 0 Å². The molecule has 0 aromatic carbocycles.